The maximum absolute atomic E-state index is 13.0. The van der Waals surface area contributed by atoms with Crippen molar-refractivity contribution >= 4 is 86.1 Å². The Morgan fingerprint density at radius 2 is 2.20 bits per heavy atom. The number of thiazole rings is 1. The normalized spacial score (nSPS) is 19.8. The molecule has 0 aliphatic carbocycles. The van der Waals surface area contributed by atoms with E-state index in [-0.39, 0.29) is 28.8 Å². The second-order valence-electron chi connectivity index (χ2n) is 7.00. The molecule has 1 aromatic heterocycles. The maximum Gasteiger partial charge on any atom is 0.353 e. The SMILES string of the molecule is Nc1nc(C(=NOCCF)C(=O)N[C@@H]2C(=O)N3C(C(=O)O)=C(Sc4ccccc4I)CS[C@@H]23)cs1. The number of amides is 2. The molecule has 0 spiro atoms. The number of benzene rings is 1. The molecule has 1 fully saturated rings. The summed E-state index contributed by atoms with van der Waals surface area (Å²) in [6.07, 6.45) is 0. The number of hydrogen-bond acceptors (Lipinski definition) is 10. The lowest BCUT2D eigenvalue weighted by Gasteiger charge is -2.49. The Morgan fingerprint density at radius 3 is 2.86 bits per heavy atom. The Morgan fingerprint density at radius 1 is 1.43 bits per heavy atom. The number of nitrogens with two attached hydrogens (primary N) is 1. The van der Waals surface area contributed by atoms with Crippen LogP contribution >= 0.6 is 57.5 Å². The molecule has 2 aliphatic rings. The largest absolute Gasteiger partial charge is 0.477 e. The van der Waals surface area contributed by atoms with E-state index < -0.39 is 35.9 Å². The number of anilines is 1. The van der Waals surface area contributed by atoms with Crippen molar-refractivity contribution in [3.8, 4) is 0 Å². The standard InChI is InChI=1S/C20H17FIN5O5S3/c21-5-6-32-26-13(10-7-34-20(23)24-10)16(28)25-14-17(29)27-15(19(30)31)12(8-33-18(14)27)35-11-4-2-1-3-9(11)22/h1-4,7,14,18H,5-6,8H2,(H2,23,24)(H,25,28)(H,30,31)/t14-,18+/m1/s1. The van der Waals surface area contributed by atoms with Crippen molar-refractivity contribution in [2.24, 2.45) is 5.16 Å². The van der Waals surface area contributed by atoms with E-state index in [1.807, 2.05) is 24.3 Å². The first-order valence-corrected chi connectivity index (χ1v) is 13.8. The lowest BCUT2D eigenvalue weighted by atomic mass is 10.0. The predicted octanol–water partition coefficient (Wildman–Crippen LogP) is 2.51. The van der Waals surface area contributed by atoms with E-state index in [1.165, 1.54) is 33.8 Å². The van der Waals surface area contributed by atoms with Gasteiger partial charge in [0.25, 0.3) is 11.8 Å². The molecule has 10 nitrogen and oxygen atoms in total. The number of carbonyl (C=O) groups excluding carboxylic acids is 2. The number of carboxylic acid groups (broad SMARTS) is 1. The summed E-state index contributed by atoms with van der Waals surface area (Å²) in [5, 5.41) is 17.2. The number of nitrogens with zero attached hydrogens (tertiary/aromatic N) is 3. The van der Waals surface area contributed by atoms with E-state index >= 15 is 0 Å². The molecule has 2 atom stereocenters. The molecule has 1 saturated heterocycles. The monoisotopic (exact) mass is 649 g/mol. The van der Waals surface area contributed by atoms with Gasteiger partial charge >= 0.3 is 5.97 Å². The summed E-state index contributed by atoms with van der Waals surface area (Å²) in [6.45, 7) is -1.17. The number of rotatable bonds is 9. The molecule has 2 aliphatic heterocycles. The molecule has 4 rings (SSSR count). The van der Waals surface area contributed by atoms with Gasteiger partial charge in [-0.05, 0) is 34.7 Å². The zero-order valence-corrected chi connectivity index (χ0v) is 22.2. The predicted molar refractivity (Wildman–Crippen MR) is 140 cm³/mol. The van der Waals surface area contributed by atoms with Gasteiger partial charge in [-0.2, -0.15) is 0 Å². The van der Waals surface area contributed by atoms with Crippen LogP contribution in [0.1, 0.15) is 5.69 Å². The molecule has 3 heterocycles. The van der Waals surface area contributed by atoms with Gasteiger partial charge in [0.1, 0.15) is 36.1 Å². The number of aromatic nitrogens is 1. The third-order valence-electron chi connectivity index (χ3n) is 4.80. The van der Waals surface area contributed by atoms with Crippen LogP contribution in [0.25, 0.3) is 0 Å². The van der Waals surface area contributed by atoms with Gasteiger partial charge in [0.2, 0.25) is 0 Å². The summed E-state index contributed by atoms with van der Waals surface area (Å²) in [4.78, 5) is 49.4. The second-order valence-corrected chi connectivity index (χ2v) is 11.3. The number of alkyl halides is 1. The number of thioether (sulfide) groups is 2. The van der Waals surface area contributed by atoms with Crippen molar-refractivity contribution in [3.05, 3.63) is 49.5 Å². The van der Waals surface area contributed by atoms with E-state index in [9.17, 15) is 23.9 Å². The van der Waals surface area contributed by atoms with Gasteiger partial charge in [-0.3, -0.25) is 14.5 Å². The fourth-order valence-corrected chi connectivity index (χ4v) is 7.04. The van der Waals surface area contributed by atoms with Crippen LogP contribution in [-0.4, -0.2) is 68.9 Å². The van der Waals surface area contributed by atoms with Crippen molar-refractivity contribution in [2.75, 3.05) is 24.8 Å². The van der Waals surface area contributed by atoms with Gasteiger partial charge in [-0.25, -0.2) is 14.2 Å². The van der Waals surface area contributed by atoms with Gasteiger partial charge in [0.15, 0.2) is 10.8 Å². The number of fused-ring (bicyclic) bond motifs is 1. The van der Waals surface area contributed by atoms with Crippen LogP contribution < -0.4 is 11.1 Å². The van der Waals surface area contributed by atoms with Crippen molar-refractivity contribution in [2.45, 2.75) is 16.3 Å². The van der Waals surface area contributed by atoms with Crippen LogP contribution in [-0.2, 0) is 19.2 Å². The van der Waals surface area contributed by atoms with Crippen LogP contribution in [0.3, 0.4) is 0 Å². The zero-order valence-electron chi connectivity index (χ0n) is 17.6. The topological polar surface area (TPSA) is 147 Å². The lowest BCUT2D eigenvalue weighted by molar-refractivity contribution is -0.150. The van der Waals surface area contributed by atoms with Gasteiger partial charge in [-0.15, -0.1) is 23.1 Å². The molecule has 0 radical (unpaired) electrons. The first kappa shape index (κ1) is 25.7. The van der Waals surface area contributed by atoms with Crippen molar-refractivity contribution in [3.63, 3.8) is 0 Å². The summed E-state index contributed by atoms with van der Waals surface area (Å²) < 4.78 is 13.4. The molecule has 2 aromatic rings. The molecule has 2 amide bonds. The van der Waals surface area contributed by atoms with Crippen LogP contribution in [0.2, 0.25) is 0 Å². The number of halogens is 2. The highest BCUT2D eigenvalue weighted by molar-refractivity contribution is 14.1. The molecule has 184 valence electrons. The van der Waals surface area contributed by atoms with E-state index in [0.717, 1.165) is 19.8 Å². The summed E-state index contributed by atoms with van der Waals surface area (Å²) in [5.74, 6) is -2.20. The number of carbonyl (C=O) groups is 3. The number of nitrogens with one attached hydrogen (secondary N) is 1. The highest BCUT2D eigenvalue weighted by Crippen LogP contribution is 2.45. The Hall–Kier alpha value is -2.37. The molecular formula is C20H17FIN5O5S3. The van der Waals surface area contributed by atoms with Crippen LogP contribution in [0.5, 0.6) is 0 Å². The Kier molecular flexibility index (Phi) is 8.18. The van der Waals surface area contributed by atoms with E-state index in [2.05, 4.69) is 38.0 Å². The average Bonchev–Trinajstić information content (AvgIpc) is 3.26. The highest BCUT2D eigenvalue weighted by atomic mass is 127. The number of hydrogen-bond donors (Lipinski definition) is 3. The first-order chi connectivity index (χ1) is 16.8. The fourth-order valence-electron chi connectivity index (χ4n) is 3.28. The van der Waals surface area contributed by atoms with Gasteiger partial charge in [0.05, 0.1) is 0 Å². The molecule has 35 heavy (non-hydrogen) atoms. The lowest BCUT2D eigenvalue weighted by Crippen LogP contribution is -2.71. The maximum atomic E-state index is 13.0. The van der Waals surface area contributed by atoms with Crippen molar-refractivity contribution < 1.29 is 28.7 Å². The molecule has 4 N–H and O–H groups in total. The Labute approximate surface area is 224 Å². The first-order valence-electron chi connectivity index (χ1n) is 9.93. The average molecular weight is 649 g/mol. The Bertz CT molecular complexity index is 1240. The minimum atomic E-state index is -1.22. The summed E-state index contributed by atoms with van der Waals surface area (Å²) in [7, 11) is 0. The number of β-lactam (4-membered cyclic amide) rings is 1. The van der Waals surface area contributed by atoms with Crippen LogP contribution in [0.4, 0.5) is 9.52 Å². The third kappa shape index (κ3) is 5.41. The minimum absolute atomic E-state index is 0.0960. The number of oxime groups is 1. The summed E-state index contributed by atoms with van der Waals surface area (Å²) in [5.41, 5.74) is 5.39. The zero-order chi connectivity index (χ0) is 25.1. The van der Waals surface area contributed by atoms with Crippen LogP contribution in [0, 0.1) is 3.57 Å². The second kappa shape index (κ2) is 11.1. The summed E-state index contributed by atoms with van der Waals surface area (Å²) in [6, 6.07) is 6.56. The minimum Gasteiger partial charge on any atom is -0.477 e. The van der Waals surface area contributed by atoms with Crippen LogP contribution in [0.15, 0.2) is 50.3 Å². The smallest absolute Gasteiger partial charge is 0.353 e. The van der Waals surface area contributed by atoms with Crippen molar-refractivity contribution in [1.82, 2.24) is 15.2 Å². The third-order valence-corrected chi connectivity index (χ3v) is 9.40. The number of carboxylic acids is 1. The fraction of sp³-hybridized carbons (Fsp3) is 0.250. The molecule has 15 heteroatoms. The molecule has 0 unspecified atom stereocenters. The Balaban J connectivity index is 1.53. The van der Waals surface area contributed by atoms with E-state index in [0.29, 0.717) is 10.7 Å². The number of aliphatic carboxylic acids is 1. The molecule has 0 saturated carbocycles. The van der Waals surface area contributed by atoms with Gasteiger partial charge < -0.3 is 21.0 Å². The van der Waals surface area contributed by atoms with Gasteiger partial charge in [-0.1, -0.05) is 29.1 Å². The van der Waals surface area contributed by atoms with E-state index in [4.69, 9.17) is 10.6 Å². The van der Waals surface area contributed by atoms with E-state index in [1.54, 1.807) is 0 Å². The molecule has 0 bridgehead atoms. The van der Waals surface area contributed by atoms with Gasteiger partial charge in [0, 0.05) is 24.5 Å². The molecule has 1 aromatic carbocycles. The highest BCUT2D eigenvalue weighted by Gasteiger charge is 2.54. The number of nitrogen functional groups attached to an aromatic ring is 1. The quantitative estimate of drug-likeness (QED) is 0.123. The van der Waals surface area contributed by atoms with Crippen molar-refractivity contribution in [1.29, 1.82) is 0 Å². The summed E-state index contributed by atoms with van der Waals surface area (Å²) >= 11 is 5.89. The molecular weight excluding hydrogens is 632 g/mol.